The van der Waals surface area contributed by atoms with Crippen molar-refractivity contribution in [3.8, 4) is 0 Å². The van der Waals surface area contributed by atoms with Gasteiger partial charge in [-0.05, 0) is 12.8 Å². The molecule has 17 heavy (non-hydrogen) atoms. The van der Waals surface area contributed by atoms with E-state index in [-0.39, 0.29) is 0 Å². The highest BCUT2D eigenvalue weighted by atomic mass is 35.5. The van der Waals surface area contributed by atoms with Crippen LogP contribution in [0.1, 0.15) is 32.1 Å². The lowest BCUT2D eigenvalue weighted by Gasteiger charge is -2.30. The molecule has 0 heterocycles. The maximum absolute atomic E-state index is 11.7. The van der Waals surface area contributed by atoms with Crippen LogP contribution in [0.5, 0.6) is 0 Å². The Balaban J connectivity index is 2.80. The number of hydrogen-bond donors (Lipinski definition) is 3. The van der Waals surface area contributed by atoms with Gasteiger partial charge in [0.1, 0.15) is 0 Å². The second-order valence-electron chi connectivity index (χ2n) is 3.94. The second-order valence-corrected chi connectivity index (χ2v) is 10.4. The Morgan fingerprint density at radius 1 is 1.06 bits per heavy atom. The van der Waals surface area contributed by atoms with Gasteiger partial charge in [0.2, 0.25) is 0 Å². The van der Waals surface area contributed by atoms with Gasteiger partial charge in [0.25, 0.3) is 0 Å². The highest BCUT2D eigenvalue weighted by molar-refractivity contribution is 7.78. The normalized spacial score (nSPS) is 23.4. The summed E-state index contributed by atoms with van der Waals surface area (Å²) in [7, 11) is -9.98. The van der Waals surface area contributed by atoms with Crippen molar-refractivity contribution in [2.75, 3.05) is 0 Å². The van der Waals surface area contributed by atoms with Crippen molar-refractivity contribution in [2.45, 2.75) is 42.0 Å². The lowest BCUT2D eigenvalue weighted by molar-refractivity contribution is 0.134. The van der Waals surface area contributed by atoms with Gasteiger partial charge in [-0.15, -0.1) is 0 Å². The van der Waals surface area contributed by atoms with Gasteiger partial charge in [-0.1, -0.05) is 42.5 Å². The van der Waals surface area contributed by atoms with E-state index in [1.54, 1.807) is 0 Å². The van der Waals surface area contributed by atoms with E-state index in [0.717, 1.165) is 19.3 Å². The van der Waals surface area contributed by atoms with Gasteiger partial charge in [-0.25, -0.2) is 0 Å². The van der Waals surface area contributed by atoms with Gasteiger partial charge in [-0.2, -0.15) is 0 Å². The number of alkyl halides is 2. The average molecular weight is 327 g/mol. The van der Waals surface area contributed by atoms with E-state index in [9.17, 15) is 14.0 Å². The zero-order chi connectivity index (χ0) is 13.3. The number of halogens is 2. The molecule has 1 rings (SSSR count). The highest BCUT2D eigenvalue weighted by Crippen LogP contribution is 2.76. The van der Waals surface area contributed by atoms with Crippen LogP contribution in [0.4, 0.5) is 0 Å². The average Bonchev–Trinajstić information content (AvgIpc) is 2.16. The molecule has 1 aliphatic carbocycles. The minimum Gasteiger partial charge on any atom is -0.322 e. The first-order valence-corrected chi connectivity index (χ1v) is 8.97. The molecule has 1 fully saturated rings. The fraction of sp³-hybridized carbons (Fsp3) is 1.00. The van der Waals surface area contributed by atoms with Gasteiger partial charge in [0, 0.05) is 0 Å². The van der Waals surface area contributed by atoms with Crippen molar-refractivity contribution in [1.82, 2.24) is 0 Å². The lowest BCUT2D eigenvalue weighted by Crippen LogP contribution is -2.22. The fourth-order valence-electron chi connectivity index (χ4n) is 1.60. The van der Waals surface area contributed by atoms with Crippen LogP contribution in [0.15, 0.2) is 0 Å². The summed E-state index contributed by atoms with van der Waals surface area (Å²) in [6.45, 7) is 0. The molecule has 0 bridgehead atoms. The maximum atomic E-state index is 11.7. The standard InChI is InChI=1S/C7H14Cl2O6P2/c8-7(9,16(10,11)12)17(13,14)15-6-4-2-1-3-5-6/h6H,1-5H2,(H,13,14)(H2,10,11,12). The van der Waals surface area contributed by atoms with Gasteiger partial charge < -0.3 is 19.2 Å². The molecule has 0 aliphatic heterocycles. The van der Waals surface area contributed by atoms with Crippen molar-refractivity contribution in [3.05, 3.63) is 0 Å². The summed E-state index contributed by atoms with van der Waals surface area (Å²) in [4.78, 5) is 27.2. The zero-order valence-corrected chi connectivity index (χ0v) is 12.1. The fourth-order valence-corrected chi connectivity index (χ4v) is 4.04. The Morgan fingerprint density at radius 2 is 1.53 bits per heavy atom. The molecule has 0 saturated heterocycles. The molecule has 0 spiro atoms. The summed E-state index contributed by atoms with van der Waals surface area (Å²) < 4.78 is 24.4. The van der Waals surface area contributed by atoms with Crippen molar-refractivity contribution < 1.29 is 28.3 Å². The van der Waals surface area contributed by atoms with Crippen molar-refractivity contribution in [3.63, 3.8) is 0 Å². The molecule has 0 aromatic heterocycles. The monoisotopic (exact) mass is 326 g/mol. The summed E-state index contributed by atoms with van der Waals surface area (Å²) in [5, 5.41) is 0. The first-order chi connectivity index (χ1) is 7.58. The Hall–Kier alpha value is 0.880. The van der Waals surface area contributed by atoms with Crippen LogP contribution in [0, 0.1) is 0 Å². The van der Waals surface area contributed by atoms with Crippen LogP contribution in [0.3, 0.4) is 0 Å². The van der Waals surface area contributed by atoms with Gasteiger partial charge >= 0.3 is 19.0 Å². The molecule has 10 heteroatoms. The SMILES string of the molecule is O=P(O)(O)C(Cl)(Cl)P(=O)(O)OC1CCCCC1. The summed E-state index contributed by atoms with van der Waals surface area (Å²) in [6, 6.07) is 0. The number of rotatable bonds is 4. The Morgan fingerprint density at radius 3 is 1.94 bits per heavy atom. The Kier molecular flexibility index (Phi) is 5.13. The Bertz CT molecular complexity index is 361. The topological polar surface area (TPSA) is 104 Å². The molecule has 102 valence electrons. The summed E-state index contributed by atoms with van der Waals surface area (Å²) in [6.07, 6.45) is 3.23. The number of hydrogen-bond acceptors (Lipinski definition) is 3. The third-order valence-electron chi connectivity index (χ3n) is 2.53. The van der Waals surface area contributed by atoms with E-state index in [1.165, 1.54) is 0 Å². The zero-order valence-electron chi connectivity index (χ0n) is 8.83. The summed E-state index contributed by atoms with van der Waals surface area (Å²) in [5.41, 5.74) is 0. The van der Waals surface area contributed by atoms with Crippen LogP contribution in [0.25, 0.3) is 0 Å². The maximum Gasteiger partial charge on any atom is 0.376 e. The third kappa shape index (κ3) is 3.68. The summed E-state index contributed by atoms with van der Waals surface area (Å²) in [5.74, 6) is 0. The van der Waals surface area contributed by atoms with E-state index in [0.29, 0.717) is 12.8 Å². The highest BCUT2D eigenvalue weighted by Gasteiger charge is 2.60. The van der Waals surface area contributed by atoms with E-state index in [1.807, 2.05) is 0 Å². The lowest BCUT2D eigenvalue weighted by atomic mass is 9.98. The molecule has 0 radical (unpaired) electrons. The van der Waals surface area contributed by atoms with Crippen LogP contribution in [0.2, 0.25) is 0 Å². The van der Waals surface area contributed by atoms with E-state index >= 15 is 0 Å². The van der Waals surface area contributed by atoms with Crippen LogP contribution in [-0.4, -0.2) is 24.6 Å². The van der Waals surface area contributed by atoms with Crippen LogP contribution in [-0.2, 0) is 13.7 Å². The molecule has 1 atom stereocenters. The van der Waals surface area contributed by atoms with E-state index in [2.05, 4.69) is 0 Å². The smallest absolute Gasteiger partial charge is 0.322 e. The van der Waals surface area contributed by atoms with Crippen molar-refractivity contribution in [1.29, 1.82) is 0 Å². The van der Waals surface area contributed by atoms with Gasteiger partial charge in [0.05, 0.1) is 6.10 Å². The molecule has 3 N–H and O–H groups in total. The molecule has 1 unspecified atom stereocenters. The molecule has 0 amide bonds. The summed E-state index contributed by atoms with van der Waals surface area (Å²) >= 11 is 10.6. The molecule has 1 aliphatic rings. The predicted octanol–water partition coefficient (Wildman–Crippen LogP) is 2.79. The molecule has 6 nitrogen and oxygen atoms in total. The minimum atomic E-state index is -5.17. The third-order valence-corrected chi connectivity index (χ3v) is 8.64. The van der Waals surface area contributed by atoms with Gasteiger partial charge in [-0.3, -0.25) is 9.13 Å². The quantitative estimate of drug-likeness (QED) is 0.542. The van der Waals surface area contributed by atoms with E-state index < -0.39 is 25.1 Å². The van der Waals surface area contributed by atoms with Crippen molar-refractivity contribution in [2.24, 2.45) is 0 Å². The molecule has 0 aromatic carbocycles. The molecule has 0 aromatic rings. The van der Waals surface area contributed by atoms with Crippen LogP contribution >= 0.6 is 38.4 Å². The van der Waals surface area contributed by atoms with Crippen LogP contribution < -0.4 is 0 Å². The van der Waals surface area contributed by atoms with E-state index in [4.69, 9.17) is 37.5 Å². The molecule has 1 saturated carbocycles. The first-order valence-electron chi connectivity index (χ1n) is 5.03. The Labute approximate surface area is 109 Å². The molecular formula is C7H14Cl2O6P2. The first kappa shape index (κ1) is 15.9. The van der Waals surface area contributed by atoms with Crippen molar-refractivity contribution >= 4 is 38.4 Å². The second kappa shape index (κ2) is 5.48. The minimum absolute atomic E-state index is 0.539. The predicted molar refractivity (Wildman–Crippen MR) is 64.3 cm³/mol. The largest absolute Gasteiger partial charge is 0.376 e. The van der Waals surface area contributed by atoms with Gasteiger partial charge in [0.15, 0.2) is 0 Å². The molecular weight excluding hydrogens is 313 g/mol.